The minimum Gasteiger partial charge on any atom is -0.475 e. The normalized spacial score (nSPS) is 15.7. The van der Waals surface area contributed by atoms with Gasteiger partial charge in [0.15, 0.2) is 11.9 Å². The number of benzene rings is 1. The average molecular weight is 391 g/mol. The third-order valence-corrected chi connectivity index (χ3v) is 4.18. The van der Waals surface area contributed by atoms with Crippen LogP contribution in [0.5, 0.6) is 5.75 Å². The van der Waals surface area contributed by atoms with Crippen molar-refractivity contribution in [1.29, 1.82) is 0 Å². The molecule has 1 unspecified atom stereocenters. The van der Waals surface area contributed by atoms with Crippen LogP contribution in [0.15, 0.2) is 30.3 Å². The van der Waals surface area contributed by atoms with Gasteiger partial charge in [0.1, 0.15) is 6.54 Å². The molecule has 0 bridgehead atoms. The number of nitrogens with one attached hydrogen (secondary N) is 1. The number of fused-ring (bicyclic) bond motifs is 1. The van der Waals surface area contributed by atoms with Crippen molar-refractivity contribution in [2.45, 2.75) is 20.0 Å². The third-order valence-electron chi connectivity index (χ3n) is 3.95. The Morgan fingerprint density at radius 1 is 1.41 bits per heavy atom. The van der Waals surface area contributed by atoms with Crippen LogP contribution < -0.4 is 15.0 Å². The zero-order valence-corrected chi connectivity index (χ0v) is 15.2. The van der Waals surface area contributed by atoms with Crippen molar-refractivity contribution < 1.29 is 19.2 Å². The molecule has 3 rings (SSSR count). The van der Waals surface area contributed by atoms with E-state index in [1.54, 1.807) is 25.1 Å². The molecule has 1 aliphatic heterocycles. The van der Waals surface area contributed by atoms with Gasteiger partial charge in [-0.25, -0.2) is 0 Å². The molecule has 1 aliphatic rings. The Labute approximate surface area is 159 Å². The summed E-state index contributed by atoms with van der Waals surface area (Å²) in [7, 11) is 0. The van der Waals surface area contributed by atoms with Crippen molar-refractivity contribution in [3.8, 4) is 5.75 Å². The smallest absolute Gasteiger partial charge is 0.366 e. The molecular formula is C17H15ClN4O5. The van der Waals surface area contributed by atoms with E-state index in [0.29, 0.717) is 10.7 Å². The van der Waals surface area contributed by atoms with Crippen LogP contribution >= 0.6 is 11.6 Å². The number of carbonyl (C=O) groups is 2. The molecule has 0 saturated carbocycles. The van der Waals surface area contributed by atoms with E-state index in [4.69, 9.17) is 16.3 Å². The molecule has 0 saturated heterocycles. The Hall–Kier alpha value is -3.20. The van der Waals surface area contributed by atoms with Crippen molar-refractivity contribution >= 4 is 40.7 Å². The van der Waals surface area contributed by atoms with E-state index >= 15 is 0 Å². The Kier molecular flexibility index (Phi) is 4.95. The van der Waals surface area contributed by atoms with Crippen molar-refractivity contribution in [2.24, 2.45) is 0 Å². The van der Waals surface area contributed by atoms with Crippen LogP contribution in [0.25, 0.3) is 0 Å². The second-order valence-electron chi connectivity index (χ2n) is 5.94. The molecule has 0 radical (unpaired) electrons. The average Bonchev–Trinajstić information content (AvgIpc) is 2.61. The number of hydrogen-bond donors (Lipinski definition) is 1. The van der Waals surface area contributed by atoms with Crippen molar-refractivity contribution in [2.75, 3.05) is 16.8 Å². The highest BCUT2D eigenvalue weighted by molar-refractivity contribution is 6.30. The van der Waals surface area contributed by atoms with E-state index in [1.165, 1.54) is 19.1 Å². The number of hydrogen-bond acceptors (Lipinski definition) is 6. The lowest BCUT2D eigenvalue weighted by molar-refractivity contribution is -0.389. The lowest BCUT2D eigenvalue weighted by Gasteiger charge is -2.28. The number of nitrogens with zero attached hydrogens (tertiary/aromatic N) is 3. The fourth-order valence-corrected chi connectivity index (χ4v) is 2.86. The Balaban J connectivity index is 1.87. The van der Waals surface area contributed by atoms with Crippen molar-refractivity contribution in [1.82, 2.24) is 4.98 Å². The molecule has 0 aliphatic carbocycles. The zero-order chi connectivity index (χ0) is 19.7. The summed E-state index contributed by atoms with van der Waals surface area (Å²) in [5.41, 5.74) is 1.30. The van der Waals surface area contributed by atoms with E-state index in [1.807, 2.05) is 0 Å². The van der Waals surface area contributed by atoms with Gasteiger partial charge in [0, 0.05) is 16.8 Å². The number of pyridine rings is 1. The van der Waals surface area contributed by atoms with E-state index in [9.17, 15) is 19.7 Å². The van der Waals surface area contributed by atoms with Gasteiger partial charge in [-0.05, 0) is 53.6 Å². The number of amides is 2. The first kappa shape index (κ1) is 18.6. The minimum absolute atomic E-state index is 0.0599. The summed E-state index contributed by atoms with van der Waals surface area (Å²) in [5.74, 6) is -1.31. The first-order valence-corrected chi connectivity index (χ1v) is 8.33. The molecule has 2 aromatic rings. The second-order valence-corrected chi connectivity index (χ2v) is 6.38. The lowest BCUT2D eigenvalue weighted by atomic mass is 10.2. The fraction of sp³-hybridized carbons (Fsp3) is 0.235. The van der Waals surface area contributed by atoms with Crippen LogP contribution in [0.2, 0.25) is 5.02 Å². The molecular weight excluding hydrogens is 376 g/mol. The highest BCUT2D eigenvalue weighted by Gasteiger charge is 2.37. The Bertz CT molecular complexity index is 949. The van der Waals surface area contributed by atoms with Crippen LogP contribution in [0.4, 0.5) is 17.3 Å². The summed E-state index contributed by atoms with van der Waals surface area (Å²) >= 11 is 5.90. The first-order chi connectivity index (χ1) is 12.8. The quantitative estimate of drug-likeness (QED) is 0.634. The van der Waals surface area contributed by atoms with Crippen LogP contribution in [0, 0.1) is 17.0 Å². The lowest BCUT2D eigenvalue weighted by Crippen LogP contribution is -2.48. The summed E-state index contributed by atoms with van der Waals surface area (Å²) < 4.78 is 5.42. The number of ether oxygens (including phenoxy) is 1. The molecule has 27 heavy (non-hydrogen) atoms. The van der Waals surface area contributed by atoms with Crippen LogP contribution in [-0.4, -0.2) is 34.4 Å². The van der Waals surface area contributed by atoms with Gasteiger partial charge in [0.2, 0.25) is 5.91 Å². The van der Waals surface area contributed by atoms with Gasteiger partial charge >= 0.3 is 5.82 Å². The van der Waals surface area contributed by atoms with E-state index in [-0.39, 0.29) is 18.1 Å². The maximum absolute atomic E-state index is 12.5. The van der Waals surface area contributed by atoms with Gasteiger partial charge in [0.05, 0.1) is 0 Å². The molecule has 140 valence electrons. The number of aromatic nitrogens is 1. The topological polar surface area (TPSA) is 115 Å². The molecule has 9 nitrogen and oxygen atoms in total. The van der Waals surface area contributed by atoms with Gasteiger partial charge in [-0.1, -0.05) is 11.6 Å². The molecule has 1 aromatic heterocycles. The Morgan fingerprint density at radius 3 is 2.81 bits per heavy atom. The minimum atomic E-state index is -0.842. The molecule has 10 heteroatoms. The van der Waals surface area contributed by atoms with Gasteiger partial charge in [0.25, 0.3) is 11.7 Å². The van der Waals surface area contributed by atoms with Crippen LogP contribution in [-0.2, 0) is 9.59 Å². The SMILES string of the molecule is Cc1cc(Cl)ccc1NC(=O)CN1C(=O)C(C)Oc2ccc([N+](=O)[O-])nc21. The van der Waals surface area contributed by atoms with Crippen molar-refractivity contribution in [3.05, 3.63) is 51.0 Å². The van der Waals surface area contributed by atoms with E-state index in [2.05, 4.69) is 10.3 Å². The molecule has 1 N–H and O–H groups in total. The van der Waals surface area contributed by atoms with E-state index < -0.39 is 28.7 Å². The van der Waals surface area contributed by atoms with Gasteiger partial charge in [-0.2, -0.15) is 0 Å². The highest BCUT2D eigenvalue weighted by atomic mass is 35.5. The fourth-order valence-electron chi connectivity index (χ4n) is 2.63. The largest absolute Gasteiger partial charge is 0.475 e. The molecule has 0 spiro atoms. The molecule has 1 atom stereocenters. The molecule has 2 heterocycles. The predicted molar refractivity (Wildman–Crippen MR) is 98.2 cm³/mol. The summed E-state index contributed by atoms with van der Waals surface area (Å²) in [6.07, 6.45) is -0.842. The highest BCUT2D eigenvalue weighted by Crippen LogP contribution is 2.33. The third kappa shape index (κ3) is 3.82. The van der Waals surface area contributed by atoms with Gasteiger partial charge < -0.3 is 20.2 Å². The number of anilines is 2. The number of halogens is 1. The van der Waals surface area contributed by atoms with E-state index in [0.717, 1.165) is 10.5 Å². The Morgan fingerprint density at radius 2 is 2.15 bits per heavy atom. The van der Waals surface area contributed by atoms with Crippen LogP contribution in [0.1, 0.15) is 12.5 Å². The summed E-state index contributed by atoms with van der Waals surface area (Å²) in [4.78, 5) is 40.1. The standard InChI is InChI=1S/C17H15ClN4O5/c1-9-7-11(18)3-4-12(9)19-15(23)8-21-16-13(27-10(2)17(21)24)5-6-14(20-16)22(25)26/h3-7,10H,8H2,1-2H3,(H,19,23). The molecule has 1 aromatic carbocycles. The number of aryl methyl sites for hydroxylation is 1. The summed E-state index contributed by atoms with van der Waals surface area (Å²) in [6, 6.07) is 7.51. The molecule has 2 amide bonds. The summed E-state index contributed by atoms with van der Waals surface area (Å²) in [6.45, 7) is 2.94. The monoisotopic (exact) mass is 390 g/mol. The number of rotatable bonds is 4. The van der Waals surface area contributed by atoms with Crippen molar-refractivity contribution in [3.63, 3.8) is 0 Å². The molecule has 0 fully saturated rings. The zero-order valence-electron chi connectivity index (χ0n) is 14.4. The summed E-state index contributed by atoms with van der Waals surface area (Å²) in [5, 5.41) is 14.2. The second kappa shape index (κ2) is 7.20. The predicted octanol–water partition coefficient (Wildman–Crippen LogP) is 2.70. The van der Waals surface area contributed by atoms with Gasteiger partial charge in [-0.3, -0.25) is 14.5 Å². The first-order valence-electron chi connectivity index (χ1n) is 7.95. The number of nitro groups is 1. The van der Waals surface area contributed by atoms with Gasteiger partial charge in [-0.15, -0.1) is 0 Å². The van der Waals surface area contributed by atoms with Crippen LogP contribution in [0.3, 0.4) is 0 Å². The number of carbonyl (C=O) groups excluding carboxylic acids is 2. The maximum Gasteiger partial charge on any atom is 0.366 e. The maximum atomic E-state index is 12.5.